The Morgan fingerprint density at radius 1 is 1.15 bits per heavy atom. The summed E-state index contributed by atoms with van der Waals surface area (Å²) in [5, 5.41) is 0. The molecule has 0 aliphatic carbocycles. The Morgan fingerprint density at radius 2 is 1.96 bits per heavy atom. The van der Waals surface area contributed by atoms with Crippen LogP contribution in [0.3, 0.4) is 0 Å². The average molecular weight is 363 g/mol. The van der Waals surface area contributed by atoms with E-state index in [2.05, 4.69) is 36.6 Å². The molecule has 1 aliphatic heterocycles. The van der Waals surface area contributed by atoms with Crippen molar-refractivity contribution in [3.8, 4) is 0 Å². The molecular weight excluding hydrogens is 338 g/mol. The normalized spacial score (nSPS) is 17.2. The number of hydrogen-bond acceptors (Lipinski definition) is 3. The third kappa shape index (κ3) is 3.23. The van der Waals surface area contributed by atoms with Gasteiger partial charge in [-0.3, -0.25) is 4.79 Å². The molecule has 4 rings (SSSR count). The van der Waals surface area contributed by atoms with Gasteiger partial charge in [0.15, 0.2) is 0 Å². The number of hydrogen-bond donors (Lipinski definition) is 0. The molecule has 27 heavy (non-hydrogen) atoms. The lowest BCUT2D eigenvalue weighted by molar-refractivity contribution is -0.117. The summed E-state index contributed by atoms with van der Waals surface area (Å²) in [6, 6.07) is 14.4. The van der Waals surface area contributed by atoms with Crippen molar-refractivity contribution in [3.05, 3.63) is 59.4 Å². The molecule has 0 spiro atoms. The van der Waals surface area contributed by atoms with E-state index in [9.17, 15) is 4.79 Å². The molecule has 0 saturated carbocycles. The van der Waals surface area contributed by atoms with Gasteiger partial charge in [0.05, 0.1) is 17.6 Å². The summed E-state index contributed by atoms with van der Waals surface area (Å²) in [5.41, 5.74) is 5.49. The van der Waals surface area contributed by atoms with E-state index < -0.39 is 0 Å². The first kappa shape index (κ1) is 17.7. The fourth-order valence-electron chi connectivity index (χ4n) is 3.85. The molecule has 2 heterocycles. The molecule has 1 aromatic heterocycles. The van der Waals surface area contributed by atoms with Crippen LogP contribution in [0.5, 0.6) is 0 Å². The summed E-state index contributed by atoms with van der Waals surface area (Å²) >= 11 is 0. The average Bonchev–Trinajstić information content (AvgIpc) is 3.23. The van der Waals surface area contributed by atoms with Crippen LogP contribution in [0.1, 0.15) is 29.3 Å². The van der Waals surface area contributed by atoms with Gasteiger partial charge in [-0.25, -0.2) is 4.98 Å². The Labute approximate surface area is 159 Å². The third-order valence-electron chi connectivity index (χ3n) is 5.50. The number of anilines is 1. The fourth-order valence-corrected chi connectivity index (χ4v) is 3.85. The lowest BCUT2D eigenvalue weighted by Crippen LogP contribution is -2.24. The van der Waals surface area contributed by atoms with E-state index in [1.54, 1.807) is 7.11 Å². The Hall–Kier alpha value is -2.66. The molecular formula is C22H25N3O2. The van der Waals surface area contributed by atoms with Crippen molar-refractivity contribution in [2.75, 3.05) is 25.2 Å². The molecule has 5 heteroatoms. The van der Waals surface area contributed by atoms with Crippen molar-refractivity contribution in [2.45, 2.75) is 32.7 Å². The minimum atomic E-state index is 0.0864. The van der Waals surface area contributed by atoms with Crippen molar-refractivity contribution in [1.82, 2.24) is 9.55 Å². The van der Waals surface area contributed by atoms with Crippen LogP contribution in [0.25, 0.3) is 11.0 Å². The zero-order valence-corrected chi connectivity index (χ0v) is 16.1. The van der Waals surface area contributed by atoms with Gasteiger partial charge in [-0.15, -0.1) is 0 Å². The molecule has 0 bridgehead atoms. The van der Waals surface area contributed by atoms with Gasteiger partial charge in [0, 0.05) is 38.2 Å². The summed E-state index contributed by atoms with van der Waals surface area (Å²) in [7, 11) is 1.71. The monoisotopic (exact) mass is 363 g/mol. The SMILES string of the molecule is COCCn1c([C@H]2CC(=O)N(c3ccc(C)c(C)c3)C2)nc2ccccc21. The van der Waals surface area contributed by atoms with E-state index in [0.29, 0.717) is 19.6 Å². The first-order chi connectivity index (χ1) is 13.1. The highest BCUT2D eigenvalue weighted by molar-refractivity contribution is 5.96. The highest BCUT2D eigenvalue weighted by Crippen LogP contribution is 2.33. The van der Waals surface area contributed by atoms with Crippen LogP contribution < -0.4 is 4.90 Å². The van der Waals surface area contributed by atoms with E-state index in [-0.39, 0.29) is 11.8 Å². The van der Waals surface area contributed by atoms with Gasteiger partial charge in [-0.2, -0.15) is 0 Å². The highest BCUT2D eigenvalue weighted by atomic mass is 16.5. The minimum Gasteiger partial charge on any atom is -0.383 e. The maximum Gasteiger partial charge on any atom is 0.227 e. The standard InChI is InChI=1S/C22H25N3O2/c1-15-8-9-18(12-16(15)2)25-14-17(13-21(25)26)22-23-19-6-4-5-7-20(19)24(22)10-11-27-3/h4-9,12,17H,10-11,13-14H2,1-3H3/t17-/m0/s1. The molecule has 1 atom stereocenters. The molecule has 0 radical (unpaired) electrons. The molecule has 1 aliphatic rings. The van der Waals surface area contributed by atoms with Gasteiger partial charge >= 0.3 is 0 Å². The van der Waals surface area contributed by atoms with Crippen molar-refractivity contribution in [3.63, 3.8) is 0 Å². The van der Waals surface area contributed by atoms with Crippen molar-refractivity contribution < 1.29 is 9.53 Å². The maximum absolute atomic E-state index is 12.8. The van der Waals surface area contributed by atoms with Gasteiger partial charge in [0.2, 0.25) is 5.91 Å². The zero-order valence-electron chi connectivity index (χ0n) is 16.1. The second-order valence-corrected chi connectivity index (χ2v) is 7.28. The minimum absolute atomic E-state index is 0.0864. The van der Waals surface area contributed by atoms with Crippen LogP contribution in [0, 0.1) is 13.8 Å². The van der Waals surface area contributed by atoms with E-state index in [1.165, 1.54) is 11.1 Å². The molecule has 0 N–H and O–H groups in total. The number of aromatic nitrogens is 2. The topological polar surface area (TPSA) is 47.4 Å². The smallest absolute Gasteiger partial charge is 0.227 e. The van der Waals surface area contributed by atoms with Crippen molar-refractivity contribution in [2.24, 2.45) is 0 Å². The number of para-hydroxylation sites is 2. The number of methoxy groups -OCH3 is 1. The fraction of sp³-hybridized carbons (Fsp3) is 0.364. The lowest BCUT2D eigenvalue weighted by Gasteiger charge is -2.18. The van der Waals surface area contributed by atoms with Crippen LogP contribution in [-0.4, -0.2) is 35.7 Å². The van der Waals surface area contributed by atoms with Gasteiger partial charge in [-0.1, -0.05) is 18.2 Å². The number of nitrogens with zero attached hydrogens (tertiary/aromatic N) is 3. The third-order valence-corrected chi connectivity index (χ3v) is 5.50. The Balaban J connectivity index is 1.68. The van der Waals surface area contributed by atoms with Crippen LogP contribution in [0.2, 0.25) is 0 Å². The van der Waals surface area contributed by atoms with Crippen LogP contribution in [-0.2, 0) is 16.1 Å². The maximum atomic E-state index is 12.8. The molecule has 1 amide bonds. The number of amides is 1. The van der Waals surface area contributed by atoms with Crippen LogP contribution >= 0.6 is 0 Å². The van der Waals surface area contributed by atoms with Gasteiger partial charge in [0.1, 0.15) is 5.82 Å². The Morgan fingerprint density at radius 3 is 2.74 bits per heavy atom. The van der Waals surface area contributed by atoms with Gasteiger partial charge < -0.3 is 14.2 Å². The number of rotatable bonds is 5. The zero-order chi connectivity index (χ0) is 19.0. The summed E-state index contributed by atoms with van der Waals surface area (Å²) in [5.74, 6) is 1.23. The highest BCUT2D eigenvalue weighted by Gasteiger charge is 2.34. The predicted octanol–water partition coefficient (Wildman–Crippen LogP) is 3.82. The number of carbonyl (C=O) groups excluding carboxylic acids is 1. The largest absolute Gasteiger partial charge is 0.383 e. The number of ether oxygens (including phenoxy) is 1. The van der Waals surface area contributed by atoms with Crippen LogP contribution in [0.4, 0.5) is 5.69 Å². The first-order valence-electron chi connectivity index (χ1n) is 9.40. The van der Waals surface area contributed by atoms with E-state index in [4.69, 9.17) is 9.72 Å². The molecule has 2 aromatic carbocycles. The molecule has 0 unspecified atom stereocenters. The number of aryl methyl sites for hydroxylation is 2. The van der Waals surface area contributed by atoms with Crippen LogP contribution in [0.15, 0.2) is 42.5 Å². The number of fused-ring (bicyclic) bond motifs is 1. The van der Waals surface area contributed by atoms with E-state index >= 15 is 0 Å². The summed E-state index contributed by atoms with van der Waals surface area (Å²) < 4.78 is 7.50. The molecule has 140 valence electrons. The van der Waals surface area contributed by atoms with Gasteiger partial charge in [-0.05, 0) is 49.2 Å². The molecule has 5 nitrogen and oxygen atoms in total. The van der Waals surface area contributed by atoms with Crippen molar-refractivity contribution >= 4 is 22.6 Å². The number of benzene rings is 2. The molecule has 1 fully saturated rings. The first-order valence-corrected chi connectivity index (χ1v) is 9.40. The molecule has 1 saturated heterocycles. The van der Waals surface area contributed by atoms with Crippen molar-refractivity contribution in [1.29, 1.82) is 0 Å². The van der Waals surface area contributed by atoms with E-state index in [1.807, 2.05) is 29.2 Å². The summed E-state index contributed by atoms with van der Waals surface area (Å²) in [6.07, 6.45) is 0.489. The molecule has 3 aromatic rings. The predicted molar refractivity (Wildman–Crippen MR) is 107 cm³/mol. The number of imidazole rings is 1. The Bertz CT molecular complexity index is 992. The second-order valence-electron chi connectivity index (χ2n) is 7.28. The summed E-state index contributed by atoms with van der Waals surface area (Å²) in [4.78, 5) is 19.5. The van der Waals surface area contributed by atoms with Gasteiger partial charge in [0.25, 0.3) is 0 Å². The summed E-state index contributed by atoms with van der Waals surface area (Å²) in [6.45, 7) is 6.19. The Kier molecular flexibility index (Phi) is 4.70. The second kappa shape index (κ2) is 7.16. The number of carbonyl (C=O) groups is 1. The van der Waals surface area contributed by atoms with E-state index in [0.717, 1.165) is 29.1 Å². The quantitative estimate of drug-likeness (QED) is 0.692. The lowest BCUT2D eigenvalue weighted by atomic mass is 10.1.